The average Bonchev–Trinajstić information content (AvgIpc) is 2.38. The lowest BCUT2D eigenvalue weighted by atomic mass is 10.2. The molecule has 1 amide bonds. The third kappa shape index (κ3) is 4.08. The summed E-state index contributed by atoms with van der Waals surface area (Å²) in [5.74, 6) is 0.571. The van der Waals surface area contributed by atoms with Crippen molar-refractivity contribution in [1.82, 2.24) is 0 Å². The predicted molar refractivity (Wildman–Crippen MR) is 87.4 cm³/mol. The molecule has 0 atom stereocenters. The van der Waals surface area contributed by atoms with Crippen LogP contribution < -0.4 is 10.1 Å². The van der Waals surface area contributed by atoms with Crippen molar-refractivity contribution in [2.45, 2.75) is 6.92 Å². The minimum absolute atomic E-state index is 0.166. The second-order valence-electron chi connectivity index (χ2n) is 4.07. The molecule has 0 unspecified atom stereocenters. The maximum absolute atomic E-state index is 12.2. The molecule has 2 aromatic carbocycles. The molecule has 0 aliphatic rings. The molecule has 0 saturated carbocycles. The van der Waals surface area contributed by atoms with Gasteiger partial charge in [-0.3, -0.25) is 4.79 Å². The number of amides is 1. The Kier molecular flexibility index (Phi) is 5.20. The highest BCUT2D eigenvalue weighted by Crippen LogP contribution is 2.22. The quantitative estimate of drug-likeness (QED) is 0.798. The topological polar surface area (TPSA) is 38.3 Å². The maximum atomic E-state index is 12.2. The Balaban J connectivity index is 2.16. The number of rotatable bonds is 4. The first-order valence-electron chi connectivity index (χ1n) is 6.09. The lowest BCUT2D eigenvalue weighted by Gasteiger charge is -2.08. The molecule has 0 aliphatic carbocycles. The lowest BCUT2D eigenvalue weighted by Crippen LogP contribution is -2.12. The Labute approximate surface area is 134 Å². The zero-order valence-electron chi connectivity index (χ0n) is 10.8. The van der Waals surface area contributed by atoms with Gasteiger partial charge in [0.2, 0.25) is 0 Å². The molecule has 5 heteroatoms. The molecular weight excluding hydrogens is 386 g/mol. The van der Waals surface area contributed by atoms with E-state index >= 15 is 0 Å². The van der Waals surface area contributed by atoms with E-state index in [0.29, 0.717) is 17.9 Å². The van der Waals surface area contributed by atoms with Crippen molar-refractivity contribution in [1.29, 1.82) is 0 Å². The number of hydrogen-bond acceptors (Lipinski definition) is 2. The van der Waals surface area contributed by atoms with Gasteiger partial charge >= 0.3 is 0 Å². The maximum Gasteiger partial charge on any atom is 0.255 e. The van der Waals surface area contributed by atoms with Crippen molar-refractivity contribution in [3.8, 4) is 5.75 Å². The fourth-order valence-corrected chi connectivity index (χ4v) is 3.01. The third-order valence-corrected chi connectivity index (χ3v) is 3.44. The summed E-state index contributed by atoms with van der Waals surface area (Å²) in [5, 5.41) is 2.85. The number of nitrogens with one attached hydrogen (secondary N) is 1. The number of anilines is 1. The molecule has 0 spiro atoms. The molecule has 0 fully saturated rings. The lowest BCUT2D eigenvalue weighted by molar-refractivity contribution is 0.102. The summed E-state index contributed by atoms with van der Waals surface area (Å²) in [7, 11) is 0. The zero-order valence-corrected chi connectivity index (χ0v) is 14.0. The molecule has 0 saturated heterocycles. The van der Waals surface area contributed by atoms with E-state index in [-0.39, 0.29) is 5.91 Å². The van der Waals surface area contributed by atoms with Crippen LogP contribution in [0.2, 0.25) is 0 Å². The molecule has 0 heterocycles. The van der Waals surface area contributed by atoms with E-state index in [1.165, 1.54) is 0 Å². The van der Waals surface area contributed by atoms with Gasteiger partial charge in [-0.2, -0.15) is 0 Å². The molecule has 104 valence electrons. The van der Waals surface area contributed by atoms with Gasteiger partial charge in [0.05, 0.1) is 6.61 Å². The monoisotopic (exact) mass is 397 g/mol. The van der Waals surface area contributed by atoms with E-state index in [1.54, 1.807) is 18.2 Å². The zero-order chi connectivity index (χ0) is 14.5. The smallest absolute Gasteiger partial charge is 0.255 e. The number of hydrogen-bond donors (Lipinski definition) is 1. The van der Waals surface area contributed by atoms with E-state index in [4.69, 9.17) is 4.74 Å². The van der Waals surface area contributed by atoms with Crippen molar-refractivity contribution in [2.24, 2.45) is 0 Å². The van der Waals surface area contributed by atoms with Gasteiger partial charge in [0, 0.05) is 26.3 Å². The van der Waals surface area contributed by atoms with Gasteiger partial charge in [0.25, 0.3) is 5.91 Å². The Morgan fingerprint density at radius 3 is 2.50 bits per heavy atom. The van der Waals surface area contributed by atoms with Gasteiger partial charge in [0.1, 0.15) is 5.75 Å². The fourth-order valence-electron chi connectivity index (χ4n) is 1.72. The van der Waals surface area contributed by atoms with Gasteiger partial charge < -0.3 is 10.1 Å². The highest BCUT2D eigenvalue weighted by Gasteiger charge is 2.08. The van der Waals surface area contributed by atoms with Crippen LogP contribution in [0.3, 0.4) is 0 Å². The molecule has 1 N–H and O–H groups in total. The van der Waals surface area contributed by atoms with E-state index in [0.717, 1.165) is 14.7 Å². The standard InChI is InChI=1S/C15H13Br2NO2/c1-2-20-14-5-3-4-13(9-14)18-15(19)10-6-11(16)8-12(17)7-10/h3-9H,2H2,1H3,(H,18,19). The number of ether oxygens (including phenoxy) is 1. The summed E-state index contributed by atoms with van der Waals surface area (Å²) in [6.07, 6.45) is 0. The Bertz CT molecular complexity index is 609. The second-order valence-corrected chi connectivity index (χ2v) is 5.90. The number of halogens is 2. The molecular formula is C15H13Br2NO2. The molecule has 2 aromatic rings. The molecule has 0 aromatic heterocycles. The van der Waals surface area contributed by atoms with Crippen molar-refractivity contribution in [3.63, 3.8) is 0 Å². The van der Waals surface area contributed by atoms with Gasteiger partial charge in [-0.25, -0.2) is 0 Å². The highest BCUT2D eigenvalue weighted by atomic mass is 79.9. The summed E-state index contributed by atoms with van der Waals surface area (Å²) >= 11 is 6.74. The summed E-state index contributed by atoms with van der Waals surface area (Å²) in [5.41, 5.74) is 1.28. The predicted octanol–water partition coefficient (Wildman–Crippen LogP) is 4.86. The van der Waals surface area contributed by atoms with E-state index in [2.05, 4.69) is 37.2 Å². The molecule has 20 heavy (non-hydrogen) atoms. The van der Waals surface area contributed by atoms with Crippen LogP contribution in [0.15, 0.2) is 51.4 Å². The number of carbonyl (C=O) groups is 1. The van der Waals surface area contributed by atoms with Crippen LogP contribution in [-0.4, -0.2) is 12.5 Å². The second kappa shape index (κ2) is 6.90. The SMILES string of the molecule is CCOc1cccc(NC(=O)c2cc(Br)cc(Br)c2)c1. The Morgan fingerprint density at radius 1 is 1.15 bits per heavy atom. The third-order valence-electron chi connectivity index (χ3n) is 2.53. The van der Waals surface area contributed by atoms with Gasteiger partial charge in [0.15, 0.2) is 0 Å². The summed E-state index contributed by atoms with van der Waals surface area (Å²) < 4.78 is 7.10. The Morgan fingerprint density at radius 2 is 1.85 bits per heavy atom. The first-order valence-corrected chi connectivity index (χ1v) is 7.67. The summed E-state index contributed by atoms with van der Waals surface area (Å²) in [6.45, 7) is 2.51. The van der Waals surface area contributed by atoms with E-state index in [1.807, 2.05) is 31.2 Å². The summed E-state index contributed by atoms with van der Waals surface area (Å²) in [6, 6.07) is 12.7. The van der Waals surface area contributed by atoms with Gasteiger partial charge in [-0.15, -0.1) is 0 Å². The van der Waals surface area contributed by atoms with Gasteiger partial charge in [-0.05, 0) is 37.3 Å². The normalized spacial score (nSPS) is 10.2. The molecule has 3 nitrogen and oxygen atoms in total. The van der Waals surface area contributed by atoms with Crippen molar-refractivity contribution < 1.29 is 9.53 Å². The van der Waals surface area contributed by atoms with E-state index in [9.17, 15) is 4.79 Å². The minimum Gasteiger partial charge on any atom is -0.494 e. The van der Waals surface area contributed by atoms with Crippen LogP contribution in [0.25, 0.3) is 0 Å². The van der Waals surface area contributed by atoms with Crippen LogP contribution in [0.5, 0.6) is 5.75 Å². The molecule has 2 rings (SSSR count). The molecule has 0 radical (unpaired) electrons. The van der Waals surface area contributed by atoms with Crippen LogP contribution in [-0.2, 0) is 0 Å². The fraction of sp³-hybridized carbons (Fsp3) is 0.133. The van der Waals surface area contributed by atoms with E-state index < -0.39 is 0 Å². The van der Waals surface area contributed by atoms with Gasteiger partial charge in [-0.1, -0.05) is 37.9 Å². The molecule has 0 aliphatic heterocycles. The largest absolute Gasteiger partial charge is 0.494 e. The Hall–Kier alpha value is -1.33. The van der Waals surface area contributed by atoms with Crippen LogP contribution in [0, 0.1) is 0 Å². The number of carbonyl (C=O) groups excluding carboxylic acids is 1. The van der Waals surface area contributed by atoms with Crippen molar-refractivity contribution in [3.05, 3.63) is 57.0 Å². The first-order chi connectivity index (χ1) is 9.58. The van der Waals surface area contributed by atoms with Crippen LogP contribution in [0.4, 0.5) is 5.69 Å². The first kappa shape index (κ1) is 15.1. The summed E-state index contributed by atoms with van der Waals surface area (Å²) in [4.78, 5) is 12.2. The number of benzene rings is 2. The van der Waals surface area contributed by atoms with Crippen LogP contribution >= 0.6 is 31.9 Å². The van der Waals surface area contributed by atoms with Crippen molar-refractivity contribution >= 4 is 43.5 Å². The molecule has 0 bridgehead atoms. The van der Waals surface area contributed by atoms with Crippen LogP contribution in [0.1, 0.15) is 17.3 Å². The average molecular weight is 399 g/mol. The highest BCUT2D eigenvalue weighted by molar-refractivity contribution is 9.11. The van der Waals surface area contributed by atoms with Crippen molar-refractivity contribution in [2.75, 3.05) is 11.9 Å². The minimum atomic E-state index is -0.166.